The number of para-hydroxylation sites is 1. The van der Waals surface area contributed by atoms with Crippen LogP contribution < -0.4 is 20.7 Å². The Balaban J connectivity index is 1.88. The second-order valence-corrected chi connectivity index (χ2v) is 11.9. The number of benzene rings is 1. The lowest BCUT2D eigenvalue weighted by Gasteiger charge is -2.33. The fourth-order valence-electron chi connectivity index (χ4n) is 5.32. The maximum atomic E-state index is 13.7. The van der Waals surface area contributed by atoms with E-state index < -0.39 is 29.8 Å². The highest BCUT2D eigenvalue weighted by Gasteiger charge is 2.33. The van der Waals surface area contributed by atoms with Crippen molar-refractivity contribution in [2.24, 2.45) is 11.8 Å². The van der Waals surface area contributed by atoms with Crippen LogP contribution in [0.1, 0.15) is 70.2 Å². The highest BCUT2D eigenvalue weighted by Crippen LogP contribution is 2.22. The molecular formula is C30H47N5O5. The number of fused-ring (bicyclic) bond motifs is 1. The molecular weight excluding hydrogens is 510 g/mol. The number of amides is 4. The Morgan fingerprint density at radius 1 is 1.02 bits per heavy atom. The predicted molar refractivity (Wildman–Crippen MR) is 154 cm³/mol. The molecule has 1 aromatic carbocycles. The van der Waals surface area contributed by atoms with Gasteiger partial charge in [0.2, 0.25) is 17.7 Å². The molecule has 0 unspecified atom stereocenters. The number of ether oxygens (including phenoxy) is 1. The zero-order valence-corrected chi connectivity index (χ0v) is 24.7. The van der Waals surface area contributed by atoms with E-state index in [2.05, 4.69) is 34.7 Å². The summed E-state index contributed by atoms with van der Waals surface area (Å²) in [5, 5.41) is 8.50. The Bertz CT molecular complexity index is 1020. The van der Waals surface area contributed by atoms with Crippen LogP contribution in [0.5, 0.6) is 5.75 Å². The summed E-state index contributed by atoms with van der Waals surface area (Å²) in [5.41, 5.74) is 0.268. The zero-order chi connectivity index (χ0) is 29.2. The summed E-state index contributed by atoms with van der Waals surface area (Å²) in [5.74, 6) is -0.783. The molecule has 1 saturated heterocycles. The van der Waals surface area contributed by atoms with Crippen LogP contribution in [0.3, 0.4) is 0 Å². The lowest BCUT2D eigenvalue weighted by molar-refractivity contribution is -0.138. The minimum absolute atomic E-state index is 0.151. The summed E-state index contributed by atoms with van der Waals surface area (Å²) in [4.78, 5) is 57.5. The van der Waals surface area contributed by atoms with Gasteiger partial charge in [0.25, 0.3) is 5.91 Å². The summed E-state index contributed by atoms with van der Waals surface area (Å²) in [7, 11) is 1.74. The van der Waals surface area contributed by atoms with Gasteiger partial charge in [0.15, 0.2) is 0 Å². The number of hydrogen-bond acceptors (Lipinski definition) is 6. The second kappa shape index (κ2) is 15.0. The average Bonchev–Trinajstić information content (AvgIpc) is 3.42. The van der Waals surface area contributed by atoms with E-state index in [1.54, 1.807) is 36.2 Å². The summed E-state index contributed by atoms with van der Waals surface area (Å²) >= 11 is 0. The molecule has 0 saturated carbocycles. The molecule has 0 aromatic heterocycles. The van der Waals surface area contributed by atoms with Crippen LogP contribution in [-0.2, 0) is 14.4 Å². The van der Waals surface area contributed by atoms with Crippen molar-refractivity contribution in [3.8, 4) is 5.75 Å². The van der Waals surface area contributed by atoms with Crippen molar-refractivity contribution in [1.29, 1.82) is 0 Å². The van der Waals surface area contributed by atoms with Crippen molar-refractivity contribution in [3.63, 3.8) is 0 Å². The lowest BCUT2D eigenvalue weighted by Crippen LogP contribution is -2.55. The molecule has 4 amide bonds. The Hall–Kier alpha value is -3.14. The van der Waals surface area contributed by atoms with E-state index in [-0.39, 0.29) is 36.5 Å². The van der Waals surface area contributed by atoms with Gasteiger partial charge in [0.1, 0.15) is 24.4 Å². The SMILES string of the molecule is CC(C)C[C@H]1COc2ccccc2C(=O)N[C@H](C(=O)NCCN2CCCC2)CC(=O)N[C@H](CC(C)C)C(=O)N1C. The van der Waals surface area contributed by atoms with Gasteiger partial charge in [-0.05, 0) is 62.7 Å². The number of nitrogens with one attached hydrogen (secondary N) is 3. The van der Waals surface area contributed by atoms with Gasteiger partial charge in [-0.3, -0.25) is 19.2 Å². The summed E-state index contributed by atoms with van der Waals surface area (Å²) in [6, 6.07) is 4.71. The van der Waals surface area contributed by atoms with E-state index in [0.717, 1.165) is 25.9 Å². The first-order chi connectivity index (χ1) is 19.0. The summed E-state index contributed by atoms with van der Waals surface area (Å²) in [6.07, 6.45) is 3.16. The quantitative estimate of drug-likeness (QED) is 0.451. The third kappa shape index (κ3) is 9.21. The second-order valence-electron chi connectivity index (χ2n) is 11.9. The molecule has 3 atom stereocenters. The highest BCUT2D eigenvalue weighted by molar-refractivity contribution is 6.01. The topological polar surface area (TPSA) is 120 Å². The molecule has 0 aliphatic carbocycles. The minimum atomic E-state index is -1.11. The van der Waals surface area contributed by atoms with Crippen LogP contribution in [0.4, 0.5) is 0 Å². The molecule has 40 heavy (non-hydrogen) atoms. The Morgan fingerprint density at radius 3 is 2.38 bits per heavy atom. The van der Waals surface area contributed by atoms with Crippen LogP contribution in [0, 0.1) is 11.8 Å². The third-order valence-electron chi connectivity index (χ3n) is 7.48. The molecule has 10 heteroatoms. The summed E-state index contributed by atoms with van der Waals surface area (Å²) < 4.78 is 6.14. The van der Waals surface area contributed by atoms with E-state index in [1.165, 1.54) is 0 Å². The largest absolute Gasteiger partial charge is 0.491 e. The number of likely N-dealkylation sites (tertiary alicyclic amines) is 1. The predicted octanol–water partition coefficient (Wildman–Crippen LogP) is 2.18. The van der Waals surface area contributed by atoms with E-state index >= 15 is 0 Å². The smallest absolute Gasteiger partial charge is 0.255 e. The van der Waals surface area contributed by atoms with Crippen LogP contribution >= 0.6 is 0 Å². The first-order valence-corrected chi connectivity index (χ1v) is 14.6. The normalized spacial score (nSPS) is 23.3. The maximum Gasteiger partial charge on any atom is 0.255 e. The van der Waals surface area contributed by atoms with E-state index in [1.807, 2.05) is 13.8 Å². The molecule has 0 radical (unpaired) electrons. The molecule has 0 spiro atoms. The van der Waals surface area contributed by atoms with Crippen molar-refractivity contribution >= 4 is 23.6 Å². The van der Waals surface area contributed by atoms with Crippen molar-refractivity contribution in [2.75, 3.05) is 39.8 Å². The highest BCUT2D eigenvalue weighted by atomic mass is 16.5. The Labute approximate surface area is 238 Å². The zero-order valence-electron chi connectivity index (χ0n) is 24.7. The molecule has 0 bridgehead atoms. The molecule has 222 valence electrons. The van der Waals surface area contributed by atoms with Crippen molar-refractivity contribution in [2.45, 2.75) is 77.9 Å². The number of likely N-dealkylation sites (N-methyl/N-ethyl adjacent to an activating group) is 1. The van der Waals surface area contributed by atoms with Crippen LogP contribution in [-0.4, -0.2) is 91.4 Å². The number of carbonyl (C=O) groups is 4. The molecule has 10 nitrogen and oxygen atoms in total. The standard InChI is InChI=1S/C30H47N5O5/c1-20(2)16-22-19-40-26-11-7-6-10-23(26)28(37)33-24(29(38)31-12-15-35-13-8-9-14-35)18-27(36)32-25(17-21(3)4)30(39)34(22)5/h6-7,10-11,20-22,24-25H,8-9,12-19H2,1-5H3,(H,31,38)(H,32,36)(H,33,37)/t22-,24-,25+/m0/s1. The molecule has 1 aromatic rings. The molecule has 2 heterocycles. The molecule has 3 N–H and O–H groups in total. The van der Waals surface area contributed by atoms with Gasteiger partial charge in [-0.25, -0.2) is 0 Å². The lowest BCUT2D eigenvalue weighted by atomic mass is 9.99. The molecule has 2 aliphatic rings. The molecule has 1 fully saturated rings. The van der Waals surface area contributed by atoms with Gasteiger partial charge in [0.05, 0.1) is 18.0 Å². The van der Waals surface area contributed by atoms with Gasteiger partial charge in [-0.15, -0.1) is 0 Å². The van der Waals surface area contributed by atoms with Gasteiger partial charge >= 0.3 is 0 Å². The van der Waals surface area contributed by atoms with E-state index in [9.17, 15) is 19.2 Å². The van der Waals surface area contributed by atoms with Crippen LogP contribution in [0.2, 0.25) is 0 Å². The van der Waals surface area contributed by atoms with Crippen LogP contribution in [0.25, 0.3) is 0 Å². The number of carbonyl (C=O) groups excluding carboxylic acids is 4. The fourth-order valence-corrected chi connectivity index (χ4v) is 5.32. The van der Waals surface area contributed by atoms with Crippen molar-refractivity contribution in [3.05, 3.63) is 29.8 Å². The Morgan fingerprint density at radius 2 is 1.70 bits per heavy atom. The number of rotatable bonds is 8. The van der Waals surface area contributed by atoms with E-state index in [4.69, 9.17) is 4.74 Å². The fraction of sp³-hybridized carbons (Fsp3) is 0.667. The number of nitrogens with zero attached hydrogens (tertiary/aromatic N) is 2. The average molecular weight is 558 g/mol. The first-order valence-electron chi connectivity index (χ1n) is 14.6. The Kier molecular flexibility index (Phi) is 11.8. The third-order valence-corrected chi connectivity index (χ3v) is 7.48. The molecule has 2 aliphatic heterocycles. The maximum absolute atomic E-state index is 13.7. The number of hydrogen-bond donors (Lipinski definition) is 3. The monoisotopic (exact) mass is 557 g/mol. The van der Waals surface area contributed by atoms with E-state index in [0.29, 0.717) is 37.6 Å². The summed E-state index contributed by atoms with van der Waals surface area (Å²) in [6.45, 7) is 11.5. The van der Waals surface area contributed by atoms with Crippen molar-refractivity contribution < 1.29 is 23.9 Å². The van der Waals surface area contributed by atoms with Gasteiger partial charge in [-0.2, -0.15) is 0 Å². The molecule has 3 rings (SSSR count). The van der Waals surface area contributed by atoms with Crippen molar-refractivity contribution in [1.82, 2.24) is 25.8 Å². The van der Waals surface area contributed by atoms with Crippen LogP contribution in [0.15, 0.2) is 24.3 Å². The first kappa shape index (κ1) is 31.4. The van der Waals surface area contributed by atoms with Gasteiger partial charge in [0, 0.05) is 20.1 Å². The van der Waals surface area contributed by atoms with Gasteiger partial charge in [-0.1, -0.05) is 39.8 Å². The van der Waals surface area contributed by atoms with Gasteiger partial charge < -0.3 is 30.5 Å². The minimum Gasteiger partial charge on any atom is -0.491 e.